The summed E-state index contributed by atoms with van der Waals surface area (Å²) in [7, 11) is 0. The SMILES string of the molecule is S=C1N[C@H](c2ccccn2)[C@H](c2ccc(Sc3ccc(Cl)cc3)o2)N1c1ccc(Oc2ccccc2)cc1. The molecule has 1 aliphatic heterocycles. The van der Waals surface area contributed by atoms with Crippen molar-refractivity contribution in [1.29, 1.82) is 0 Å². The van der Waals surface area contributed by atoms with Crippen LogP contribution in [-0.2, 0) is 0 Å². The number of nitrogens with one attached hydrogen (secondary N) is 1. The van der Waals surface area contributed by atoms with E-state index in [-0.39, 0.29) is 12.1 Å². The molecule has 38 heavy (non-hydrogen) atoms. The molecule has 3 aromatic carbocycles. The molecule has 0 amide bonds. The molecule has 3 heterocycles. The van der Waals surface area contributed by atoms with Crippen LogP contribution in [0.2, 0.25) is 5.02 Å². The van der Waals surface area contributed by atoms with Gasteiger partial charge in [-0.2, -0.15) is 0 Å². The molecule has 0 spiro atoms. The third-order valence-electron chi connectivity index (χ3n) is 6.12. The molecule has 1 saturated heterocycles. The number of hydrogen-bond acceptors (Lipinski definition) is 5. The summed E-state index contributed by atoms with van der Waals surface area (Å²) in [5, 5.41) is 5.56. The molecule has 0 bridgehead atoms. The lowest BCUT2D eigenvalue weighted by atomic mass is 10.0. The van der Waals surface area contributed by atoms with Crippen molar-refractivity contribution in [2.24, 2.45) is 0 Å². The second kappa shape index (κ2) is 10.9. The van der Waals surface area contributed by atoms with Crippen molar-refractivity contribution < 1.29 is 9.15 Å². The minimum absolute atomic E-state index is 0.191. The van der Waals surface area contributed by atoms with Crippen LogP contribution < -0.4 is 15.0 Å². The van der Waals surface area contributed by atoms with E-state index in [0.717, 1.165) is 38.6 Å². The summed E-state index contributed by atoms with van der Waals surface area (Å²) in [6.07, 6.45) is 1.79. The van der Waals surface area contributed by atoms with E-state index in [2.05, 4.69) is 15.2 Å². The third kappa shape index (κ3) is 5.27. The van der Waals surface area contributed by atoms with Crippen LogP contribution >= 0.6 is 35.6 Å². The summed E-state index contributed by atoms with van der Waals surface area (Å²) in [5.41, 5.74) is 1.81. The Labute approximate surface area is 235 Å². The van der Waals surface area contributed by atoms with E-state index >= 15 is 0 Å². The van der Waals surface area contributed by atoms with E-state index in [0.29, 0.717) is 10.1 Å². The van der Waals surface area contributed by atoms with Crippen molar-refractivity contribution in [2.45, 2.75) is 22.1 Å². The Morgan fingerprint density at radius 2 is 1.58 bits per heavy atom. The second-order valence-corrected chi connectivity index (χ2v) is 10.5. The van der Waals surface area contributed by atoms with Gasteiger partial charge in [-0.05, 0) is 97.1 Å². The molecule has 1 fully saturated rings. The van der Waals surface area contributed by atoms with Crippen molar-refractivity contribution in [3.05, 3.63) is 132 Å². The number of halogens is 1. The summed E-state index contributed by atoms with van der Waals surface area (Å²) in [5.74, 6) is 2.32. The largest absolute Gasteiger partial charge is 0.457 e. The van der Waals surface area contributed by atoms with Gasteiger partial charge in [-0.3, -0.25) is 4.98 Å². The van der Waals surface area contributed by atoms with Crippen molar-refractivity contribution in [2.75, 3.05) is 4.90 Å². The first-order valence-electron chi connectivity index (χ1n) is 12.0. The van der Waals surface area contributed by atoms with Gasteiger partial charge >= 0.3 is 0 Å². The summed E-state index contributed by atoms with van der Waals surface area (Å²) in [6.45, 7) is 0. The Hall–Kier alpha value is -3.78. The number of benzene rings is 3. The first-order valence-corrected chi connectivity index (χ1v) is 13.6. The molecule has 0 aliphatic carbocycles. The zero-order valence-electron chi connectivity index (χ0n) is 20.0. The van der Waals surface area contributed by atoms with Gasteiger partial charge < -0.3 is 19.4 Å². The molecule has 188 valence electrons. The number of furan rings is 1. The number of para-hydroxylation sites is 1. The number of anilines is 1. The summed E-state index contributed by atoms with van der Waals surface area (Å²) in [6, 6.07) is 34.8. The highest BCUT2D eigenvalue weighted by molar-refractivity contribution is 7.99. The van der Waals surface area contributed by atoms with Gasteiger partial charge in [0.2, 0.25) is 0 Å². The van der Waals surface area contributed by atoms with Gasteiger partial charge in [-0.1, -0.05) is 47.6 Å². The maximum atomic E-state index is 6.39. The predicted molar refractivity (Wildman–Crippen MR) is 155 cm³/mol. The lowest BCUT2D eigenvalue weighted by Crippen LogP contribution is -2.29. The number of hydrogen-bond donors (Lipinski definition) is 1. The average molecular weight is 556 g/mol. The number of ether oxygens (including phenoxy) is 1. The summed E-state index contributed by atoms with van der Waals surface area (Å²) < 4.78 is 12.4. The van der Waals surface area contributed by atoms with Crippen LogP contribution in [-0.4, -0.2) is 10.1 Å². The van der Waals surface area contributed by atoms with E-state index in [4.69, 9.17) is 33.0 Å². The van der Waals surface area contributed by atoms with Gasteiger partial charge in [-0.25, -0.2) is 0 Å². The first-order chi connectivity index (χ1) is 18.6. The predicted octanol–water partition coefficient (Wildman–Crippen LogP) is 8.45. The van der Waals surface area contributed by atoms with Gasteiger partial charge in [0.25, 0.3) is 0 Å². The average Bonchev–Trinajstić information content (AvgIpc) is 3.55. The number of pyridine rings is 1. The van der Waals surface area contributed by atoms with E-state index in [1.165, 1.54) is 0 Å². The molecular weight excluding hydrogens is 534 g/mol. The molecule has 6 rings (SSSR count). The Balaban J connectivity index is 1.31. The van der Waals surface area contributed by atoms with Gasteiger partial charge in [0, 0.05) is 21.8 Å². The normalized spacial score (nSPS) is 16.9. The van der Waals surface area contributed by atoms with Crippen LogP contribution in [0.15, 0.2) is 130 Å². The Morgan fingerprint density at radius 1 is 0.842 bits per heavy atom. The number of rotatable bonds is 7. The molecule has 0 unspecified atom stereocenters. The van der Waals surface area contributed by atoms with E-state index < -0.39 is 0 Å². The molecular formula is C30H22ClN3O2S2. The molecule has 5 nitrogen and oxygen atoms in total. The fraction of sp³-hybridized carbons (Fsp3) is 0.0667. The molecule has 2 atom stereocenters. The minimum Gasteiger partial charge on any atom is -0.457 e. The van der Waals surface area contributed by atoms with Crippen LogP contribution in [0, 0.1) is 0 Å². The van der Waals surface area contributed by atoms with Crippen molar-refractivity contribution in [1.82, 2.24) is 10.3 Å². The topological polar surface area (TPSA) is 50.5 Å². The van der Waals surface area contributed by atoms with Crippen LogP contribution in [0.4, 0.5) is 5.69 Å². The quantitative estimate of drug-likeness (QED) is 0.202. The Kier molecular flexibility index (Phi) is 7.05. The van der Waals surface area contributed by atoms with E-state index in [1.54, 1.807) is 18.0 Å². The monoisotopic (exact) mass is 555 g/mol. The van der Waals surface area contributed by atoms with Gasteiger partial charge in [-0.15, -0.1) is 0 Å². The maximum Gasteiger partial charge on any atom is 0.174 e. The summed E-state index contributed by atoms with van der Waals surface area (Å²) in [4.78, 5) is 7.74. The van der Waals surface area contributed by atoms with Gasteiger partial charge in [0.15, 0.2) is 10.2 Å². The Bertz CT molecular complexity index is 1530. The van der Waals surface area contributed by atoms with E-state index in [9.17, 15) is 0 Å². The third-order valence-corrected chi connectivity index (χ3v) is 7.61. The minimum atomic E-state index is -0.238. The number of nitrogens with zero attached hydrogens (tertiary/aromatic N) is 2. The smallest absolute Gasteiger partial charge is 0.174 e. The number of aromatic nitrogens is 1. The maximum absolute atomic E-state index is 6.39. The molecule has 5 aromatic rings. The standard InChI is InChI=1S/C30H22ClN3O2S2/c31-20-9-15-24(16-10-20)38-27-18-17-26(36-27)29-28(25-8-4-5-19-32-25)33-30(37)34(29)21-11-13-23(14-12-21)35-22-6-2-1-3-7-22/h1-19,28-29H,(H,33,37)/t28-,29+/m1/s1. The molecule has 0 saturated carbocycles. The zero-order chi connectivity index (χ0) is 25.9. The van der Waals surface area contributed by atoms with Crippen molar-refractivity contribution in [3.8, 4) is 11.5 Å². The highest BCUT2D eigenvalue weighted by atomic mass is 35.5. The molecule has 0 radical (unpaired) electrons. The van der Waals surface area contributed by atoms with Crippen LogP contribution in [0.25, 0.3) is 0 Å². The summed E-state index contributed by atoms with van der Waals surface area (Å²) >= 11 is 13.4. The molecule has 1 aliphatic rings. The van der Waals surface area contributed by atoms with Gasteiger partial charge in [0.05, 0.1) is 11.7 Å². The van der Waals surface area contributed by atoms with Crippen LogP contribution in [0.5, 0.6) is 11.5 Å². The first kappa shape index (κ1) is 24.6. The van der Waals surface area contributed by atoms with Crippen molar-refractivity contribution >= 4 is 46.4 Å². The number of thiocarbonyl (C=S) groups is 1. The lowest BCUT2D eigenvalue weighted by molar-refractivity contribution is 0.383. The van der Waals surface area contributed by atoms with Crippen LogP contribution in [0.1, 0.15) is 23.5 Å². The van der Waals surface area contributed by atoms with Gasteiger partial charge in [0.1, 0.15) is 23.3 Å². The van der Waals surface area contributed by atoms with Crippen LogP contribution in [0.3, 0.4) is 0 Å². The lowest BCUT2D eigenvalue weighted by Gasteiger charge is -2.26. The fourth-order valence-electron chi connectivity index (χ4n) is 4.39. The Morgan fingerprint density at radius 3 is 2.32 bits per heavy atom. The highest BCUT2D eigenvalue weighted by Gasteiger charge is 2.42. The van der Waals surface area contributed by atoms with Crippen molar-refractivity contribution in [3.63, 3.8) is 0 Å². The molecule has 2 aromatic heterocycles. The highest BCUT2D eigenvalue weighted by Crippen LogP contribution is 2.43. The molecule has 1 N–H and O–H groups in total. The molecule has 8 heteroatoms. The second-order valence-electron chi connectivity index (χ2n) is 8.62. The fourth-order valence-corrected chi connectivity index (χ4v) is 5.64. The zero-order valence-corrected chi connectivity index (χ0v) is 22.4. The van der Waals surface area contributed by atoms with E-state index in [1.807, 2.05) is 109 Å².